The molecule has 0 saturated heterocycles. The molecule has 5 nitrogen and oxygen atoms in total. The van der Waals surface area contributed by atoms with E-state index in [9.17, 15) is 9.18 Å². The summed E-state index contributed by atoms with van der Waals surface area (Å²) < 4.78 is 13.0. The van der Waals surface area contributed by atoms with Crippen LogP contribution in [0.15, 0.2) is 42.5 Å². The van der Waals surface area contributed by atoms with Gasteiger partial charge in [0.1, 0.15) is 5.82 Å². The molecule has 0 radical (unpaired) electrons. The fourth-order valence-electron chi connectivity index (χ4n) is 2.04. The molecule has 0 fully saturated rings. The predicted molar refractivity (Wildman–Crippen MR) is 91.3 cm³/mol. The minimum absolute atomic E-state index is 0.290. The standard InChI is InChI=1S/C17H21FN4O/c1-3-10-20-22(2)17(23)21-16-11-13(6-9-15(16)19)12-4-7-14(18)8-5-12/h4-9,11,20H,3,10,19H2,1-2H3,(H,21,23). The maximum atomic E-state index is 13.0. The number of amides is 2. The smallest absolute Gasteiger partial charge is 0.335 e. The van der Waals surface area contributed by atoms with Gasteiger partial charge in [-0.3, -0.25) is 5.01 Å². The lowest BCUT2D eigenvalue weighted by Crippen LogP contribution is -2.42. The van der Waals surface area contributed by atoms with Crippen molar-refractivity contribution in [3.05, 3.63) is 48.3 Å². The molecule has 2 amide bonds. The van der Waals surface area contributed by atoms with Crippen molar-refractivity contribution in [1.82, 2.24) is 10.4 Å². The van der Waals surface area contributed by atoms with Gasteiger partial charge in [-0.05, 0) is 41.8 Å². The largest absolute Gasteiger partial charge is 0.397 e. The quantitative estimate of drug-likeness (QED) is 0.584. The van der Waals surface area contributed by atoms with Crippen LogP contribution in [0.25, 0.3) is 11.1 Å². The number of hydrazine groups is 1. The van der Waals surface area contributed by atoms with Crippen molar-refractivity contribution in [3.63, 3.8) is 0 Å². The summed E-state index contributed by atoms with van der Waals surface area (Å²) in [6, 6.07) is 11.2. The number of carbonyl (C=O) groups is 1. The second-order valence-corrected chi connectivity index (χ2v) is 5.21. The van der Waals surface area contributed by atoms with Crippen LogP contribution in [-0.4, -0.2) is 24.6 Å². The number of carbonyl (C=O) groups excluding carboxylic acids is 1. The van der Waals surface area contributed by atoms with Crippen LogP contribution >= 0.6 is 0 Å². The monoisotopic (exact) mass is 316 g/mol. The molecular formula is C17H21FN4O. The van der Waals surface area contributed by atoms with Gasteiger partial charge in [-0.2, -0.15) is 0 Å². The molecule has 0 aliphatic rings. The highest BCUT2D eigenvalue weighted by Gasteiger charge is 2.11. The Bertz CT molecular complexity index is 673. The zero-order valence-corrected chi connectivity index (χ0v) is 13.3. The van der Waals surface area contributed by atoms with E-state index < -0.39 is 0 Å². The zero-order valence-electron chi connectivity index (χ0n) is 13.3. The minimum Gasteiger partial charge on any atom is -0.397 e. The van der Waals surface area contributed by atoms with E-state index >= 15 is 0 Å². The van der Waals surface area contributed by atoms with E-state index in [1.54, 1.807) is 31.3 Å². The van der Waals surface area contributed by atoms with Gasteiger partial charge in [0.05, 0.1) is 11.4 Å². The van der Waals surface area contributed by atoms with Gasteiger partial charge in [-0.15, -0.1) is 0 Å². The summed E-state index contributed by atoms with van der Waals surface area (Å²) in [6.45, 7) is 2.72. The number of nitrogens with one attached hydrogen (secondary N) is 2. The van der Waals surface area contributed by atoms with Gasteiger partial charge >= 0.3 is 6.03 Å². The van der Waals surface area contributed by atoms with Gasteiger partial charge in [0.25, 0.3) is 0 Å². The van der Waals surface area contributed by atoms with Gasteiger partial charge in [0, 0.05) is 13.6 Å². The molecule has 6 heteroatoms. The summed E-state index contributed by atoms with van der Waals surface area (Å²) in [7, 11) is 1.64. The second-order valence-electron chi connectivity index (χ2n) is 5.21. The Labute approximate surface area is 135 Å². The third-order valence-corrected chi connectivity index (χ3v) is 3.38. The molecule has 122 valence electrons. The van der Waals surface area contributed by atoms with Crippen molar-refractivity contribution in [2.24, 2.45) is 0 Å². The first kappa shape index (κ1) is 16.8. The van der Waals surface area contributed by atoms with E-state index in [0.717, 1.165) is 17.5 Å². The van der Waals surface area contributed by atoms with E-state index in [1.807, 2.05) is 13.0 Å². The number of rotatable bonds is 5. The lowest BCUT2D eigenvalue weighted by molar-refractivity contribution is 0.201. The van der Waals surface area contributed by atoms with Crippen LogP contribution in [0.2, 0.25) is 0 Å². The number of nitrogens with two attached hydrogens (primary N) is 1. The first-order valence-electron chi connectivity index (χ1n) is 7.45. The van der Waals surface area contributed by atoms with Crippen LogP contribution in [0, 0.1) is 5.82 Å². The fraction of sp³-hybridized carbons (Fsp3) is 0.235. The number of hydrogen-bond donors (Lipinski definition) is 3. The Morgan fingerprint density at radius 3 is 2.48 bits per heavy atom. The molecule has 0 bridgehead atoms. The van der Waals surface area contributed by atoms with Gasteiger partial charge in [-0.25, -0.2) is 14.6 Å². The van der Waals surface area contributed by atoms with Crippen LogP contribution in [0.5, 0.6) is 0 Å². The summed E-state index contributed by atoms with van der Waals surface area (Å²) in [5, 5.41) is 4.15. The average Bonchev–Trinajstić information content (AvgIpc) is 2.55. The number of urea groups is 1. The van der Waals surface area contributed by atoms with Gasteiger partial charge in [0.2, 0.25) is 0 Å². The van der Waals surface area contributed by atoms with Crippen molar-refractivity contribution >= 4 is 17.4 Å². The van der Waals surface area contributed by atoms with Crippen molar-refractivity contribution in [2.45, 2.75) is 13.3 Å². The molecule has 0 aliphatic heterocycles. The van der Waals surface area contributed by atoms with E-state index in [2.05, 4.69) is 10.7 Å². The molecule has 0 aromatic heterocycles. The predicted octanol–water partition coefficient (Wildman–Crippen LogP) is 3.45. The molecule has 4 N–H and O–H groups in total. The van der Waals surface area contributed by atoms with E-state index in [4.69, 9.17) is 5.73 Å². The van der Waals surface area contributed by atoms with Gasteiger partial charge in [0.15, 0.2) is 0 Å². The van der Waals surface area contributed by atoms with Gasteiger partial charge in [-0.1, -0.05) is 25.1 Å². The Hall–Kier alpha value is -2.60. The maximum Gasteiger partial charge on any atom is 0.335 e. The van der Waals surface area contributed by atoms with Gasteiger partial charge < -0.3 is 11.1 Å². The number of benzene rings is 2. The van der Waals surface area contributed by atoms with Crippen LogP contribution in [0.4, 0.5) is 20.6 Å². The molecule has 0 unspecified atom stereocenters. The molecule has 2 rings (SSSR count). The Morgan fingerprint density at radius 2 is 1.83 bits per heavy atom. The summed E-state index contributed by atoms with van der Waals surface area (Å²) in [5.74, 6) is -0.290. The molecule has 2 aromatic rings. The first-order chi connectivity index (χ1) is 11.0. The zero-order chi connectivity index (χ0) is 16.8. The summed E-state index contributed by atoms with van der Waals surface area (Å²) in [6.07, 6.45) is 0.916. The van der Waals surface area contributed by atoms with E-state index in [0.29, 0.717) is 17.9 Å². The minimum atomic E-state index is -0.304. The summed E-state index contributed by atoms with van der Waals surface area (Å²) in [5.41, 5.74) is 11.6. The lowest BCUT2D eigenvalue weighted by atomic mass is 10.0. The Kier molecular flexibility index (Phi) is 5.54. The number of anilines is 2. The topological polar surface area (TPSA) is 70.4 Å². The third kappa shape index (κ3) is 4.43. The number of halogens is 1. The molecule has 2 aromatic carbocycles. The second kappa shape index (κ2) is 7.60. The fourth-order valence-corrected chi connectivity index (χ4v) is 2.04. The van der Waals surface area contributed by atoms with Crippen molar-refractivity contribution in [2.75, 3.05) is 24.6 Å². The molecule has 0 aliphatic carbocycles. The first-order valence-corrected chi connectivity index (χ1v) is 7.45. The molecule has 23 heavy (non-hydrogen) atoms. The summed E-state index contributed by atoms with van der Waals surface area (Å²) >= 11 is 0. The average molecular weight is 316 g/mol. The highest BCUT2D eigenvalue weighted by atomic mass is 19.1. The molecule has 0 spiro atoms. The van der Waals surface area contributed by atoms with Crippen molar-refractivity contribution in [3.8, 4) is 11.1 Å². The van der Waals surface area contributed by atoms with Crippen LogP contribution in [0.3, 0.4) is 0 Å². The SMILES string of the molecule is CCCNN(C)C(=O)Nc1cc(-c2ccc(F)cc2)ccc1N. The summed E-state index contributed by atoms with van der Waals surface area (Å²) in [4.78, 5) is 12.1. The van der Waals surface area contributed by atoms with E-state index in [-0.39, 0.29) is 11.8 Å². The number of nitrogens with zero attached hydrogens (tertiary/aromatic N) is 1. The van der Waals surface area contributed by atoms with Crippen LogP contribution in [0.1, 0.15) is 13.3 Å². The van der Waals surface area contributed by atoms with Crippen LogP contribution < -0.4 is 16.5 Å². The van der Waals surface area contributed by atoms with Crippen molar-refractivity contribution in [1.29, 1.82) is 0 Å². The normalized spacial score (nSPS) is 10.4. The third-order valence-electron chi connectivity index (χ3n) is 3.38. The van der Waals surface area contributed by atoms with Crippen molar-refractivity contribution < 1.29 is 9.18 Å². The highest BCUT2D eigenvalue weighted by Crippen LogP contribution is 2.27. The lowest BCUT2D eigenvalue weighted by Gasteiger charge is -2.19. The molecule has 0 atom stereocenters. The van der Waals surface area contributed by atoms with E-state index in [1.165, 1.54) is 17.1 Å². The highest BCUT2D eigenvalue weighted by molar-refractivity contribution is 5.93. The Morgan fingerprint density at radius 1 is 1.17 bits per heavy atom. The number of nitrogen functional groups attached to an aromatic ring is 1. The maximum absolute atomic E-state index is 13.0. The molecular weight excluding hydrogens is 295 g/mol. The molecule has 0 saturated carbocycles. The molecule has 0 heterocycles. The Balaban J connectivity index is 2.17. The van der Waals surface area contributed by atoms with Crippen LogP contribution in [-0.2, 0) is 0 Å². The number of hydrogen-bond acceptors (Lipinski definition) is 3.